The van der Waals surface area contributed by atoms with Crippen LogP contribution in [0.5, 0.6) is 0 Å². The molecule has 2 aromatic carbocycles. The third kappa shape index (κ3) is 7.55. The lowest BCUT2D eigenvalue weighted by molar-refractivity contribution is -0.143. The first-order valence-electron chi connectivity index (χ1n) is 12.1. The van der Waals surface area contributed by atoms with Gasteiger partial charge < -0.3 is 25.4 Å². The van der Waals surface area contributed by atoms with Crippen molar-refractivity contribution in [3.8, 4) is 0 Å². The van der Waals surface area contributed by atoms with Gasteiger partial charge in [0.15, 0.2) is 0 Å². The summed E-state index contributed by atoms with van der Waals surface area (Å²) >= 11 is 0. The molecule has 2 atom stereocenters. The van der Waals surface area contributed by atoms with Crippen LogP contribution in [0.15, 0.2) is 42.5 Å². The Hall–Kier alpha value is -3.39. The number of nitrogens with one attached hydrogen (secondary N) is 2. The van der Waals surface area contributed by atoms with Crippen molar-refractivity contribution in [2.45, 2.75) is 79.1 Å². The fourth-order valence-corrected chi connectivity index (χ4v) is 3.96. The Morgan fingerprint density at radius 3 is 2.17 bits per heavy atom. The summed E-state index contributed by atoms with van der Waals surface area (Å²) in [6, 6.07) is 10.3. The molecule has 0 heterocycles. The van der Waals surface area contributed by atoms with Gasteiger partial charge in [0.1, 0.15) is 17.7 Å². The maximum Gasteiger partial charge on any atom is 0.408 e. The molecule has 3 amide bonds. The van der Waals surface area contributed by atoms with Gasteiger partial charge in [0, 0.05) is 11.7 Å². The average Bonchev–Trinajstić information content (AvgIpc) is 2.76. The molecule has 36 heavy (non-hydrogen) atoms. The van der Waals surface area contributed by atoms with Crippen LogP contribution in [0.3, 0.4) is 0 Å². The van der Waals surface area contributed by atoms with Crippen LogP contribution in [-0.4, -0.2) is 52.2 Å². The Morgan fingerprint density at radius 1 is 1.00 bits per heavy atom. The van der Waals surface area contributed by atoms with Crippen molar-refractivity contribution in [1.82, 2.24) is 10.2 Å². The van der Waals surface area contributed by atoms with Crippen LogP contribution >= 0.6 is 0 Å². The first-order valence-corrected chi connectivity index (χ1v) is 12.1. The van der Waals surface area contributed by atoms with E-state index < -0.39 is 48.2 Å². The summed E-state index contributed by atoms with van der Waals surface area (Å²) in [6.45, 7) is 13.8. The van der Waals surface area contributed by atoms with Crippen molar-refractivity contribution in [2.24, 2.45) is 0 Å². The number of anilines is 1. The van der Waals surface area contributed by atoms with Crippen molar-refractivity contribution in [3.05, 3.63) is 64.7 Å². The number of carbonyl (C=O) groups is 3. The molecule has 0 bridgehead atoms. The number of ether oxygens (including phenoxy) is 1. The summed E-state index contributed by atoms with van der Waals surface area (Å²) in [5, 5.41) is 15.4. The van der Waals surface area contributed by atoms with Gasteiger partial charge in [-0.3, -0.25) is 9.59 Å². The van der Waals surface area contributed by atoms with Gasteiger partial charge in [0.05, 0.1) is 6.61 Å². The minimum absolute atomic E-state index is 0.396. The number of amides is 3. The molecule has 0 saturated heterocycles. The van der Waals surface area contributed by atoms with Crippen molar-refractivity contribution in [3.63, 3.8) is 0 Å². The Labute approximate surface area is 214 Å². The van der Waals surface area contributed by atoms with E-state index in [1.165, 1.54) is 4.90 Å². The van der Waals surface area contributed by atoms with Crippen LogP contribution in [0.25, 0.3) is 0 Å². The summed E-state index contributed by atoms with van der Waals surface area (Å²) in [6.07, 6.45) is -0.828. The fourth-order valence-electron chi connectivity index (χ4n) is 3.96. The molecule has 0 aliphatic carbocycles. The van der Waals surface area contributed by atoms with Gasteiger partial charge in [-0.15, -0.1) is 0 Å². The van der Waals surface area contributed by atoms with Crippen LogP contribution in [0, 0.1) is 20.8 Å². The van der Waals surface area contributed by atoms with Crippen LogP contribution in [0.2, 0.25) is 0 Å². The standard InChI is InChI=1S/C28H39N3O5/c1-17(2)31(26(34)23(16-32)30-27(35)36-28(6,7)8)24(21-14-13-18(3)15-20(21)5)25(33)29-22-12-10-9-11-19(22)4/h9-15,17,23-24,32H,16H2,1-8H3,(H,29,33)(H,30,35). The second-order valence-electron chi connectivity index (χ2n) is 10.3. The minimum Gasteiger partial charge on any atom is -0.444 e. The van der Waals surface area contributed by atoms with Crippen LogP contribution in [0.4, 0.5) is 10.5 Å². The van der Waals surface area contributed by atoms with Crippen molar-refractivity contribution in [1.29, 1.82) is 0 Å². The topological polar surface area (TPSA) is 108 Å². The fraction of sp³-hybridized carbons (Fsp3) is 0.464. The van der Waals surface area contributed by atoms with Gasteiger partial charge in [-0.2, -0.15) is 0 Å². The number of aliphatic hydroxyl groups is 1. The molecule has 196 valence electrons. The number of para-hydroxylation sites is 1. The number of hydrogen-bond donors (Lipinski definition) is 3. The van der Waals surface area contributed by atoms with Gasteiger partial charge in [0.25, 0.3) is 5.91 Å². The molecule has 2 aromatic rings. The molecule has 2 rings (SSSR count). The summed E-state index contributed by atoms with van der Waals surface area (Å²) in [5.74, 6) is -0.990. The third-order valence-electron chi connectivity index (χ3n) is 5.63. The highest BCUT2D eigenvalue weighted by Gasteiger charge is 2.38. The van der Waals surface area contributed by atoms with Crippen molar-refractivity contribution in [2.75, 3.05) is 11.9 Å². The lowest BCUT2D eigenvalue weighted by Crippen LogP contribution is -2.55. The largest absolute Gasteiger partial charge is 0.444 e. The SMILES string of the molecule is Cc1ccc(C(C(=O)Nc2ccccc2C)N(C(=O)C(CO)NC(=O)OC(C)(C)C)C(C)C)c(C)c1. The highest BCUT2D eigenvalue weighted by molar-refractivity contribution is 5.99. The Balaban J connectivity index is 2.52. The lowest BCUT2D eigenvalue weighted by atomic mass is 9.95. The summed E-state index contributed by atoms with van der Waals surface area (Å²) in [7, 11) is 0. The predicted molar refractivity (Wildman–Crippen MR) is 141 cm³/mol. The summed E-state index contributed by atoms with van der Waals surface area (Å²) < 4.78 is 5.27. The highest BCUT2D eigenvalue weighted by Crippen LogP contribution is 2.30. The van der Waals surface area contributed by atoms with Crippen LogP contribution in [-0.2, 0) is 14.3 Å². The molecule has 8 heteroatoms. The number of benzene rings is 2. The highest BCUT2D eigenvalue weighted by atomic mass is 16.6. The molecular formula is C28H39N3O5. The number of carbonyl (C=O) groups excluding carboxylic acids is 3. The quantitative estimate of drug-likeness (QED) is 0.501. The molecule has 8 nitrogen and oxygen atoms in total. The monoisotopic (exact) mass is 497 g/mol. The number of rotatable bonds is 8. The first kappa shape index (κ1) is 28.8. The Kier molecular flexibility index (Phi) is 9.64. The molecule has 0 fully saturated rings. The van der Waals surface area contributed by atoms with E-state index in [0.29, 0.717) is 11.3 Å². The van der Waals surface area contributed by atoms with E-state index in [-0.39, 0.29) is 0 Å². The van der Waals surface area contributed by atoms with Crippen LogP contribution in [0.1, 0.15) is 62.9 Å². The lowest BCUT2D eigenvalue weighted by Gasteiger charge is -2.37. The van der Waals surface area contributed by atoms with Gasteiger partial charge in [-0.25, -0.2) is 4.79 Å². The molecule has 0 aromatic heterocycles. The number of aryl methyl sites for hydroxylation is 3. The van der Waals surface area contributed by atoms with E-state index >= 15 is 0 Å². The zero-order valence-electron chi connectivity index (χ0n) is 22.5. The maximum absolute atomic E-state index is 13.8. The van der Waals surface area contributed by atoms with E-state index in [0.717, 1.165) is 16.7 Å². The maximum atomic E-state index is 13.8. The van der Waals surface area contributed by atoms with E-state index in [4.69, 9.17) is 4.74 Å². The second kappa shape index (κ2) is 12.0. The predicted octanol–water partition coefficient (Wildman–Crippen LogP) is 4.41. The van der Waals surface area contributed by atoms with Gasteiger partial charge in [0.2, 0.25) is 5.91 Å². The van der Waals surface area contributed by atoms with E-state index in [2.05, 4.69) is 10.6 Å². The molecule has 0 aliphatic heterocycles. The van der Waals surface area contributed by atoms with E-state index in [9.17, 15) is 19.5 Å². The Morgan fingerprint density at radius 2 is 1.64 bits per heavy atom. The molecule has 0 saturated carbocycles. The number of alkyl carbamates (subject to hydrolysis) is 1. The second-order valence-corrected chi connectivity index (χ2v) is 10.3. The van der Waals surface area contributed by atoms with E-state index in [1.54, 1.807) is 40.7 Å². The molecule has 3 N–H and O–H groups in total. The third-order valence-corrected chi connectivity index (χ3v) is 5.63. The molecule has 0 spiro atoms. The molecule has 0 radical (unpaired) electrons. The minimum atomic E-state index is -1.29. The molecule has 2 unspecified atom stereocenters. The molecule has 0 aliphatic rings. The summed E-state index contributed by atoms with van der Waals surface area (Å²) in [5.41, 5.74) is 3.27. The smallest absolute Gasteiger partial charge is 0.408 e. The van der Waals surface area contributed by atoms with Gasteiger partial charge in [-0.1, -0.05) is 42.0 Å². The zero-order chi connectivity index (χ0) is 27.2. The Bertz CT molecular complexity index is 1090. The zero-order valence-corrected chi connectivity index (χ0v) is 22.5. The molecular weight excluding hydrogens is 458 g/mol. The number of aliphatic hydroxyl groups excluding tert-OH is 1. The average molecular weight is 498 g/mol. The van der Waals surface area contributed by atoms with Crippen LogP contribution < -0.4 is 10.6 Å². The van der Waals surface area contributed by atoms with Gasteiger partial charge in [-0.05, 0) is 78.1 Å². The number of hydrogen-bond acceptors (Lipinski definition) is 5. The summed E-state index contributed by atoms with van der Waals surface area (Å²) in [4.78, 5) is 41.3. The van der Waals surface area contributed by atoms with Crippen molar-refractivity contribution >= 4 is 23.6 Å². The number of nitrogens with zero attached hydrogens (tertiary/aromatic N) is 1. The normalized spacial score (nSPS) is 13.1. The van der Waals surface area contributed by atoms with Crippen molar-refractivity contribution < 1.29 is 24.2 Å². The van der Waals surface area contributed by atoms with Gasteiger partial charge >= 0.3 is 6.09 Å². The first-order chi connectivity index (χ1) is 16.7. The van der Waals surface area contributed by atoms with E-state index in [1.807, 2.05) is 57.2 Å².